The minimum atomic E-state index is -4.98. The van der Waals surface area contributed by atoms with E-state index in [0.29, 0.717) is 0 Å². The number of benzene rings is 1. The molecule has 1 aromatic carbocycles. The fourth-order valence-corrected chi connectivity index (χ4v) is 2.90. The lowest BCUT2D eigenvalue weighted by Crippen LogP contribution is -2.25. The Morgan fingerprint density at radius 2 is 1.65 bits per heavy atom. The maximum Gasteiger partial charge on any atom is 0.437 e. The standard InChI is InChI=1S/C12H14F3NO5S2/c1-3-8-23(19,20)21-16-11(12(13,14)15)9-4-6-10(7-5-9)22(2,17)18/h4-7H,3,8H2,1-2H3/b16-11-. The Bertz CT molecular complexity index is 781. The molecule has 0 spiro atoms. The number of oxime groups is 1. The van der Waals surface area contributed by atoms with Gasteiger partial charge in [-0.1, -0.05) is 24.2 Å². The molecule has 23 heavy (non-hydrogen) atoms. The molecule has 11 heteroatoms. The van der Waals surface area contributed by atoms with E-state index in [1.165, 1.54) is 6.92 Å². The highest BCUT2D eigenvalue weighted by Crippen LogP contribution is 2.24. The Balaban J connectivity index is 3.24. The number of hydrogen-bond donors (Lipinski definition) is 0. The molecule has 0 radical (unpaired) electrons. The van der Waals surface area contributed by atoms with Gasteiger partial charge in [0.05, 0.1) is 10.6 Å². The second kappa shape index (κ2) is 6.87. The number of hydrogen-bond acceptors (Lipinski definition) is 6. The summed E-state index contributed by atoms with van der Waals surface area (Å²) in [7, 11) is -7.78. The van der Waals surface area contributed by atoms with E-state index in [1.54, 1.807) is 0 Å². The van der Waals surface area contributed by atoms with Crippen LogP contribution in [0.2, 0.25) is 0 Å². The smallest absolute Gasteiger partial charge is 0.268 e. The van der Waals surface area contributed by atoms with E-state index in [9.17, 15) is 30.0 Å². The van der Waals surface area contributed by atoms with Crippen molar-refractivity contribution in [3.63, 3.8) is 0 Å². The second-order valence-electron chi connectivity index (χ2n) is 4.57. The molecular weight excluding hydrogens is 359 g/mol. The van der Waals surface area contributed by atoms with Gasteiger partial charge in [0.1, 0.15) is 0 Å². The SMILES string of the molecule is CCCS(=O)(=O)O/N=C(/c1ccc(S(C)(=O)=O)cc1)C(F)(F)F. The van der Waals surface area contributed by atoms with Gasteiger partial charge in [-0.15, -0.1) is 0 Å². The van der Waals surface area contributed by atoms with E-state index in [4.69, 9.17) is 0 Å². The average molecular weight is 373 g/mol. The van der Waals surface area contributed by atoms with Crippen molar-refractivity contribution in [1.82, 2.24) is 0 Å². The minimum absolute atomic E-state index is 0.155. The summed E-state index contributed by atoms with van der Waals surface area (Å²) in [6, 6.07) is 3.68. The maximum absolute atomic E-state index is 13.0. The van der Waals surface area contributed by atoms with Gasteiger partial charge in [0, 0.05) is 11.8 Å². The summed E-state index contributed by atoms with van der Waals surface area (Å²) < 4.78 is 88.1. The number of halogens is 3. The van der Waals surface area contributed by atoms with Gasteiger partial charge in [0.15, 0.2) is 15.5 Å². The molecular formula is C12H14F3NO5S2. The van der Waals surface area contributed by atoms with Gasteiger partial charge in [-0.3, -0.25) is 4.28 Å². The van der Waals surface area contributed by atoms with E-state index in [-0.39, 0.29) is 11.3 Å². The van der Waals surface area contributed by atoms with Crippen molar-refractivity contribution in [2.45, 2.75) is 24.4 Å². The maximum atomic E-state index is 13.0. The van der Waals surface area contributed by atoms with E-state index in [0.717, 1.165) is 30.5 Å². The monoisotopic (exact) mass is 373 g/mol. The van der Waals surface area contributed by atoms with Crippen LogP contribution in [-0.2, 0) is 24.2 Å². The van der Waals surface area contributed by atoms with Crippen LogP contribution >= 0.6 is 0 Å². The molecule has 0 heterocycles. The van der Waals surface area contributed by atoms with Crippen molar-refractivity contribution < 1.29 is 34.3 Å². The summed E-state index contributed by atoms with van der Waals surface area (Å²) in [5.41, 5.74) is -2.09. The predicted molar refractivity (Wildman–Crippen MR) is 77.3 cm³/mol. The molecule has 0 N–H and O–H groups in total. The first-order valence-corrected chi connectivity index (χ1v) is 9.70. The normalized spacial score (nSPS) is 13.9. The number of alkyl halides is 3. The average Bonchev–Trinajstić information content (AvgIpc) is 2.36. The Morgan fingerprint density at radius 1 is 1.13 bits per heavy atom. The van der Waals surface area contributed by atoms with Crippen LogP contribution < -0.4 is 0 Å². The fraction of sp³-hybridized carbons (Fsp3) is 0.417. The zero-order valence-electron chi connectivity index (χ0n) is 12.2. The second-order valence-corrected chi connectivity index (χ2v) is 8.26. The number of rotatable bonds is 6. The molecule has 0 aromatic heterocycles. The number of nitrogens with zero attached hydrogens (tertiary/aromatic N) is 1. The highest BCUT2D eigenvalue weighted by Gasteiger charge is 2.38. The third kappa shape index (κ3) is 5.82. The van der Waals surface area contributed by atoms with Gasteiger partial charge in [-0.05, 0) is 18.6 Å². The summed E-state index contributed by atoms with van der Waals surface area (Å²) >= 11 is 0. The molecule has 0 aliphatic rings. The molecule has 0 unspecified atom stereocenters. The molecule has 0 bridgehead atoms. The van der Waals surface area contributed by atoms with E-state index < -0.39 is 43.2 Å². The first-order valence-electron chi connectivity index (χ1n) is 6.24. The van der Waals surface area contributed by atoms with Crippen LogP contribution in [0, 0.1) is 0 Å². The molecule has 0 aliphatic carbocycles. The van der Waals surface area contributed by atoms with Crippen LogP contribution in [0.1, 0.15) is 18.9 Å². The Hall–Kier alpha value is -1.62. The summed E-state index contributed by atoms with van der Waals surface area (Å²) in [6.45, 7) is 1.51. The zero-order valence-corrected chi connectivity index (χ0v) is 13.8. The van der Waals surface area contributed by atoms with Crippen molar-refractivity contribution in [1.29, 1.82) is 0 Å². The first kappa shape index (κ1) is 19.4. The van der Waals surface area contributed by atoms with Crippen molar-refractivity contribution in [2.75, 3.05) is 12.0 Å². The molecule has 0 saturated heterocycles. The summed E-state index contributed by atoms with van der Waals surface area (Å²) in [4.78, 5) is -0.178. The van der Waals surface area contributed by atoms with Gasteiger partial charge in [0.25, 0.3) is 0 Å². The van der Waals surface area contributed by atoms with Crippen LogP contribution in [0.4, 0.5) is 13.2 Å². The lowest BCUT2D eigenvalue weighted by molar-refractivity contribution is -0.0597. The lowest BCUT2D eigenvalue weighted by Gasteiger charge is -2.10. The highest BCUT2D eigenvalue weighted by molar-refractivity contribution is 7.90. The van der Waals surface area contributed by atoms with Gasteiger partial charge >= 0.3 is 16.3 Å². The van der Waals surface area contributed by atoms with Crippen LogP contribution in [0.15, 0.2) is 34.3 Å². The van der Waals surface area contributed by atoms with Crippen LogP contribution in [0.25, 0.3) is 0 Å². The van der Waals surface area contributed by atoms with E-state index in [1.807, 2.05) is 0 Å². The Labute approximate surface area is 132 Å². The Kier molecular flexibility index (Phi) is 5.80. The largest absolute Gasteiger partial charge is 0.437 e. The molecule has 0 amide bonds. The van der Waals surface area contributed by atoms with Crippen LogP contribution in [-0.4, -0.2) is 40.7 Å². The third-order valence-corrected chi connectivity index (χ3v) is 4.86. The predicted octanol–water partition coefficient (Wildman–Crippen LogP) is 2.11. The molecule has 0 saturated carbocycles. The van der Waals surface area contributed by atoms with Crippen LogP contribution in [0.5, 0.6) is 0 Å². The van der Waals surface area contributed by atoms with Gasteiger partial charge in [-0.25, -0.2) is 8.42 Å². The van der Waals surface area contributed by atoms with Gasteiger partial charge < -0.3 is 0 Å². The first-order chi connectivity index (χ1) is 10.4. The quantitative estimate of drug-likeness (QED) is 0.563. The lowest BCUT2D eigenvalue weighted by atomic mass is 10.1. The third-order valence-electron chi connectivity index (χ3n) is 2.52. The van der Waals surface area contributed by atoms with Gasteiger partial charge in [-0.2, -0.15) is 21.6 Å². The molecule has 130 valence electrons. The minimum Gasteiger partial charge on any atom is -0.268 e. The zero-order chi connectivity index (χ0) is 17.9. The van der Waals surface area contributed by atoms with Crippen LogP contribution in [0.3, 0.4) is 0 Å². The van der Waals surface area contributed by atoms with Crippen molar-refractivity contribution in [2.24, 2.45) is 5.16 Å². The van der Waals surface area contributed by atoms with E-state index in [2.05, 4.69) is 9.44 Å². The molecule has 1 aromatic rings. The molecule has 0 fully saturated rings. The van der Waals surface area contributed by atoms with Crippen molar-refractivity contribution >= 4 is 25.7 Å². The van der Waals surface area contributed by atoms with Gasteiger partial charge in [0.2, 0.25) is 0 Å². The molecule has 6 nitrogen and oxygen atoms in total. The van der Waals surface area contributed by atoms with Crippen molar-refractivity contribution in [3.05, 3.63) is 29.8 Å². The number of sulfone groups is 1. The van der Waals surface area contributed by atoms with E-state index >= 15 is 0 Å². The molecule has 0 aliphatic heterocycles. The molecule has 1 rings (SSSR count). The summed E-state index contributed by atoms with van der Waals surface area (Å²) in [5, 5.41) is 2.70. The summed E-state index contributed by atoms with van der Waals surface area (Å²) in [5.74, 6) is -0.478. The van der Waals surface area contributed by atoms with Crippen molar-refractivity contribution in [3.8, 4) is 0 Å². The molecule has 0 atom stereocenters. The summed E-state index contributed by atoms with van der Waals surface area (Å²) in [6.07, 6.45) is -3.92. The highest BCUT2D eigenvalue weighted by atomic mass is 32.2. The Morgan fingerprint density at radius 3 is 2.04 bits per heavy atom. The topological polar surface area (TPSA) is 89.9 Å². The fourth-order valence-electron chi connectivity index (χ4n) is 1.51.